The SMILES string of the molecule is COc1ccccc1CCNC(C)Cc1cccc(C(F)(F)F)c1. The van der Waals surface area contributed by atoms with Crippen molar-refractivity contribution in [1.29, 1.82) is 0 Å². The zero-order valence-corrected chi connectivity index (χ0v) is 13.9. The highest BCUT2D eigenvalue weighted by molar-refractivity contribution is 5.33. The third kappa shape index (κ3) is 5.27. The number of hydrogen-bond acceptors (Lipinski definition) is 2. The topological polar surface area (TPSA) is 21.3 Å². The monoisotopic (exact) mass is 337 g/mol. The fourth-order valence-electron chi connectivity index (χ4n) is 2.66. The molecule has 1 atom stereocenters. The summed E-state index contributed by atoms with van der Waals surface area (Å²) in [6.45, 7) is 2.71. The van der Waals surface area contributed by atoms with Crippen LogP contribution in [0, 0.1) is 0 Å². The van der Waals surface area contributed by atoms with Crippen molar-refractivity contribution in [2.75, 3.05) is 13.7 Å². The molecule has 2 nitrogen and oxygen atoms in total. The van der Waals surface area contributed by atoms with Gasteiger partial charge in [-0.15, -0.1) is 0 Å². The summed E-state index contributed by atoms with van der Waals surface area (Å²) in [5, 5.41) is 3.35. The quantitative estimate of drug-likeness (QED) is 0.804. The highest BCUT2D eigenvalue weighted by Crippen LogP contribution is 2.29. The number of rotatable bonds is 7. The molecule has 2 rings (SSSR count). The number of alkyl halides is 3. The molecule has 2 aromatic rings. The maximum atomic E-state index is 12.7. The van der Waals surface area contributed by atoms with Crippen LogP contribution >= 0.6 is 0 Å². The first-order valence-electron chi connectivity index (χ1n) is 7.91. The molecule has 0 aliphatic carbocycles. The average Bonchev–Trinajstić information content (AvgIpc) is 2.55. The number of ether oxygens (including phenoxy) is 1. The second-order valence-corrected chi connectivity index (χ2v) is 5.82. The maximum Gasteiger partial charge on any atom is 0.416 e. The van der Waals surface area contributed by atoms with Crippen LogP contribution in [0.2, 0.25) is 0 Å². The van der Waals surface area contributed by atoms with E-state index >= 15 is 0 Å². The molecular formula is C19H22F3NO. The molecule has 0 saturated carbocycles. The van der Waals surface area contributed by atoms with Crippen LogP contribution in [0.5, 0.6) is 5.75 Å². The number of benzene rings is 2. The largest absolute Gasteiger partial charge is 0.496 e. The van der Waals surface area contributed by atoms with Crippen LogP contribution < -0.4 is 10.1 Å². The lowest BCUT2D eigenvalue weighted by atomic mass is 10.0. The Bertz CT molecular complexity index is 655. The minimum atomic E-state index is -4.30. The predicted octanol–water partition coefficient (Wildman–Crippen LogP) is 4.48. The van der Waals surface area contributed by atoms with E-state index in [-0.39, 0.29) is 6.04 Å². The second kappa shape index (κ2) is 8.20. The molecule has 1 unspecified atom stereocenters. The molecule has 0 aliphatic rings. The Kier molecular flexibility index (Phi) is 6.26. The molecule has 0 amide bonds. The molecule has 1 N–H and O–H groups in total. The summed E-state index contributed by atoms with van der Waals surface area (Å²) >= 11 is 0. The van der Waals surface area contributed by atoms with Crippen LogP contribution in [0.25, 0.3) is 0 Å². The Morgan fingerprint density at radius 2 is 1.83 bits per heavy atom. The molecule has 0 aliphatic heterocycles. The van der Waals surface area contributed by atoms with Crippen molar-refractivity contribution in [2.24, 2.45) is 0 Å². The van der Waals surface area contributed by atoms with Gasteiger partial charge in [-0.3, -0.25) is 0 Å². The molecule has 0 bridgehead atoms. The summed E-state index contributed by atoms with van der Waals surface area (Å²) in [7, 11) is 1.64. The first kappa shape index (κ1) is 18.3. The third-order valence-electron chi connectivity index (χ3n) is 3.88. The van der Waals surface area contributed by atoms with Gasteiger partial charge in [-0.1, -0.05) is 36.4 Å². The van der Waals surface area contributed by atoms with Gasteiger partial charge in [-0.2, -0.15) is 13.2 Å². The zero-order chi connectivity index (χ0) is 17.6. The van der Waals surface area contributed by atoms with Crippen molar-refractivity contribution in [3.63, 3.8) is 0 Å². The smallest absolute Gasteiger partial charge is 0.416 e. The fraction of sp³-hybridized carbons (Fsp3) is 0.368. The lowest BCUT2D eigenvalue weighted by molar-refractivity contribution is -0.137. The Morgan fingerprint density at radius 1 is 1.08 bits per heavy atom. The van der Waals surface area contributed by atoms with Gasteiger partial charge < -0.3 is 10.1 Å². The highest BCUT2D eigenvalue weighted by Gasteiger charge is 2.30. The van der Waals surface area contributed by atoms with E-state index in [0.29, 0.717) is 12.0 Å². The lowest BCUT2D eigenvalue weighted by Crippen LogP contribution is -2.30. The van der Waals surface area contributed by atoms with Gasteiger partial charge in [-0.05, 0) is 49.6 Å². The molecule has 130 valence electrons. The number of nitrogens with one attached hydrogen (secondary N) is 1. The molecule has 0 saturated heterocycles. The second-order valence-electron chi connectivity index (χ2n) is 5.82. The van der Waals surface area contributed by atoms with Crippen LogP contribution in [-0.4, -0.2) is 19.7 Å². The summed E-state index contributed by atoms with van der Waals surface area (Å²) in [6.07, 6.45) is -2.94. The van der Waals surface area contributed by atoms with E-state index in [9.17, 15) is 13.2 Å². The molecule has 24 heavy (non-hydrogen) atoms. The molecule has 0 fully saturated rings. The van der Waals surface area contributed by atoms with Crippen molar-refractivity contribution in [1.82, 2.24) is 5.32 Å². The van der Waals surface area contributed by atoms with Gasteiger partial charge >= 0.3 is 6.18 Å². The van der Waals surface area contributed by atoms with Gasteiger partial charge in [0.05, 0.1) is 12.7 Å². The molecule has 0 heterocycles. The number of hydrogen-bond donors (Lipinski definition) is 1. The molecule has 5 heteroatoms. The zero-order valence-electron chi connectivity index (χ0n) is 13.9. The average molecular weight is 337 g/mol. The molecular weight excluding hydrogens is 315 g/mol. The van der Waals surface area contributed by atoms with Gasteiger partial charge in [0.25, 0.3) is 0 Å². The van der Waals surface area contributed by atoms with Gasteiger partial charge in [0.15, 0.2) is 0 Å². The van der Waals surface area contributed by atoms with Crippen molar-refractivity contribution in [3.8, 4) is 5.75 Å². The van der Waals surface area contributed by atoms with Crippen LogP contribution in [0.4, 0.5) is 13.2 Å². The first-order valence-corrected chi connectivity index (χ1v) is 7.91. The summed E-state index contributed by atoms with van der Waals surface area (Å²) in [5.74, 6) is 0.852. The van der Waals surface area contributed by atoms with Crippen LogP contribution in [0.1, 0.15) is 23.6 Å². The van der Waals surface area contributed by atoms with E-state index in [4.69, 9.17) is 4.74 Å². The molecule has 0 radical (unpaired) electrons. The van der Waals surface area contributed by atoms with Crippen molar-refractivity contribution >= 4 is 0 Å². The molecule has 2 aromatic carbocycles. The van der Waals surface area contributed by atoms with Gasteiger partial charge in [0.1, 0.15) is 5.75 Å². The number of para-hydroxylation sites is 1. The van der Waals surface area contributed by atoms with Crippen LogP contribution in [0.3, 0.4) is 0 Å². The van der Waals surface area contributed by atoms with Gasteiger partial charge in [0, 0.05) is 6.04 Å². The van der Waals surface area contributed by atoms with Crippen molar-refractivity contribution in [3.05, 3.63) is 65.2 Å². The van der Waals surface area contributed by atoms with Gasteiger partial charge in [0.2, 0.25) is 0 Å². The molecule has 0 spiro atoms. The summed E-state index contributed by atoms with van der Waals surface area (Å²) < 4.78 is 43.5. The predicted molar refractivity (Wildman–Crippen MR) is 89.3 cm³/mol. The Hall–Kier alpha value is -2.01. The minimum Gasteiger partial charge on any atom is -0.496 e. The number of methoxy groups -OCH3 is 1. The Labute approximate surface area is 140 Å². The summed E-state index contributed by atoms with van der Waals surface area (Å²) in [5.41, 5.74) is 1.20. The maximum absolute atomic E-state index is 12.7. The van der Waals surface area contributed by atoms with Crippen molar-refractivity contribution in [2.45, 2.75) is 32.0 Å². The van der Waals surface area contributed by atoms with Gasteiger partial charge in [-0.25, -0.2) is 0 Å². The van der Waals surface area contributed by atoms with E-state index in [1.807, 2.05) is 31.2 Å². The van der Waals surface area contributed by atoms with E-state index in [1.165, 1.54) is 12.1 Å². The standard InChI is InChI=1S/C19H22F3NO/c1-14(12-15-6-5-8-17(13-15)19(20,21)22)23-11-10-16-7-3-4-9-18(16)24-2/h3-9,13-14,23H,10-12H2,1-2H3. The Morgan fingerprint density at radius 3 is 2.54 bits per heavy atom. The van der Waals surface area contributed by atoms with Crippen LogP contribution in [0.15, 0.2) is 48.5 Å². The minimum absolute atomic E-state index is 0.0863. The Balaban J connectivity index is 1.86. The fourth-order valence-corrected chi connectivity index (χ4v) is 2.66. The van der Waals surface area contributed by atoms with E-state index < -0.39 is 11.7 Å². The summed E-state index contributed by atoms with van der Waals surface area (Å²) in [4.78, 5) is 0. The van der Waals surface area contributed by atoms with E-state index in [2.05, 4.69) is 5.32 Å². The summed E-state index contributed by atoms with van der Waals surface area (Å²) in [6, 6.07) is 13.4. The normalized spacial score (nSPS) is 12.9. The lowest BCUT2D eigenvalue weighted by Gasteiger charge is -2.16. The van der Waals surface area contributed by atoms with Crippen LogP contribution in [-0.2, 0) is 19.0 Å². The highest BCUT2D eigenvalue weighted by atomic mass is 19.4. The molecule has 0 aromatic heterocycles. The first-order chi connectivity index (χ1) is 11.4. The number of halogens is 3. The third-order valence-corrected chi connectivity index (χ3v) is 3.88. The van der Waals surface area contributed by atoms with E-state index in [0.717, 1.165) is 30.3 Å². The van der Waals surface area contributed by atoms with Crippen molar-refractivity contribution < 1.29 is 17.9 Å². The van der Waals surface area contributed by atoms with E-state index in [1.54, 1.807) is 13.2 Å².